The molecule has 0 aliphatic heterocycles. The average Bonchev–Trinajstić information content (AvgIpc) is 3.21. The third-order valence-electron chi connectivity index (χ3n) is 3.80. The van der Waals surface area contributed by atoms with Crippen LogP contribution in [0.25, 0.3) is 0 Å². The molecule has 1 aliphatic rings. The van der Waals surface area contributed by atoms with Gasteiger partial charge in [0, 0.05) is 30.7 Å². The Balaban J connectivity index is 1.83. The van der Waals surface area contributed by atoms with Crippen LogP contribution in [0.2, 0.25) is 0 Å². The molecule has 4 nitrogen and oxygen atoms in total. The second-order valence-electron chi connectivity index (χ2n) is 5.28. The normalized spacial score (nSPS) is 16.8. The first-order valence-electron chi connectivity index (χ1n) is 7.11. The molecule has 0 saturated heterocycles. The van der Waals surface area contributed by atoms with Gasteiger partial charge in [-0.1, -0.05) is 6.92 Å². The minimum absolute atomic E-state index is 0.0324. The van der Waals surface area contributed by atoms with Crippen molar-refractivity contribution in [1.82, 2.24) is 10.2 Å². The Morgan fingerprint density at radius 2 is 2.11 bits per heavy atom. The number of nitrogens with one attached hydrogen (secondary N) is 1. The molecule has 0 radical (unpaired) electrons. The van der Waals surface area contributed by atoms with E-state index in [-0.39, 0.29) is 17.5 Å². The number of phenols is 2. The predicted molar refractivity (Wildman–Crippen MR) is 76.5 cm³/mol. The molecule has 0 heterocycles. The van der Waals surface area contributed by atoms with E-state index in [2.05, 4.69) is 17.1 Å². The third kappa shape index (κ3) is 3.85. The molecule has 1 aromatic carbocycles. The van der Waals surface area contributed by atoms with Gasteiger partial charge in [-0.15, -0.1) is 0 Å². The zero-order valence-corrected chi connectivity index (χ0v) is 11.8. The lowest BCUT2D eigenvalue weighted by Crippen LogP contribution is -2.34. The predicted octanol–water partition coefficient (Wildman–Crippen LogP) is 2.23. The van der Waals surface area contributed by atoms with Crippen LogP contribution in [0, 0.1) is 0 Å². The lowest BCUT2D eigenvalue weighted by Gasteiger charge is -2.22. The minimum Gasteiger partial charge on any atom is -0.508 e. The van der Waals surface area contributed by atoms with Crippen LogP contribution in [0.5, 0.6) is 11.5 Å². The van der Waals surface area contributed by atoms with E-state index in [4.69, 9.17) is 0 Å². The second-order valence-corrected chi connectivity index (χ2v) is 5.28. The molecular formula is C15H24N2O2. The molecule has 0 spiro atoms. The number of hydrogen-bond acceptors (Lipinski definition) is 4. The van der Waals surface area contributed by atoms with E-state index in [0.717, 1.165) is 31.2 Å². The summed E-state index contributed by atoms with van der Waals surface area (Å²) in [5.41, 5.74) is 0.745. The smallest absolute Gasteiger partial charge is 0.120 e. The van der Waals surface area contributed by atoms with Crippen molar-refractivity contribution in [2.45, 2.75) is 38.8 Å². The summed E-state index contributed by atoms with van der Waals surface area (Å²) in [6.45, 7) is 7.22. The maximum atomic E-state index is 9.80. The molecule has 4 heteroatoms. The fraction of sp³-hybridized carbons (Fsp3) is 0.600. The molecule has 3 N–H and O–H groups in total. The number of aromatic hydroxyl groups is 2. The van der Waals surface area contributed by atoms with Crippen molar-refractivity contribution in [3.63, 3.8) is 0 Å². The molecule has 0 amide bonds. The Morgan fingerprint density at radius 3 is 2.74 bits per heavy atom. The summed E-state index contributed by atoms with van der Waals surface area (Å²) in [7, 11) is 0. The van der Waals surface area contributed by atoms with Crippen LogP contribution in [0.4, 0.5) is 0 Å². The van der Waals surface area contributed by atoms with Crippen LogP contribution in [-0.2, 0) is 0 Å². The van der Waals surface area contributed by atoms with Gasteiger partial charge in [0.15, 0.2) is 0 Å². The molecule has 106 valence electrons. The zero-order valence-electron chi connectivity index (χ0n) is 11.8. The average molecular weight is 264 g/mol. The van der Waals surface area contributed by atoms with Gasteiger partial charge >= 0.3 is 0 Å². The maximum Gasteiger partial charge on any atom is 0.120 e. The van der Waals surface area contributed by atoms with Gasteiger partial charge in [-0.2, -0.15) is 0 Å². The highest BCUT2D eigenvalue weighted by Gasteiger charge is 2.27. The van der Waals surface area contributed by atoms with Gasteiger partial charge < -0.3 is 15.5 Å². The van der Waals surface area contributed by atoms with Crippen molar-refractivity contribution in [3.05, 3.63) is 23.8 Å². The highest BCUT2D eigenvalue weighted by Crippen LogP contribution is 2.28. The highest BCUT2D eigenvalue weighted by atomic mass is 16.3. The maximum absolute atomic E-state index is 9.80. The Hall–Kier alpha value is -1.26. The molecule has 1 atom stereocenters. The number of nitrogens with zero attached hydrogens (tertiary/aromatic N) is 1. The molecule has 2 rings (SSSR count). The van der Waals surface area contributed by atoms with Gasteiger partial charge in [-0.05, 0) is 44.5 Å². The van der Waals surface area contributed by atoms with Crippen molar-refractivity contribution in [2.24, 2.45) is 0 Å². The van der Waals surface area contributed by atoms with Gasteiger partial charge in [-0.25, -0.2) is 0 Å². The molecule has 0 bridgehead atoms. The van der Waals surface area contributed by atoms with E-state index >= 15 is 0 Å². The van der Waals surface area contributed by atoms with Crippen molar-refractivity contribution in [2.75, 3.05) is 19.6 Å². The van der Waals surface area contributed by atoms with Crippen LogP contribution in [0.15, 0.2) is 18.2 Å². The first kappa shape index (κ1) is 14.2. The Kier molecular flexibility index (Phi) is 4.66. The summed E-state index contributed by atoms with van der Waals surface area (Å²) in [6.07, 6.45) is 2.66. The summed E-state index contributed by atoms with van der Waals surface area (Å²) in [4.78, 5) is 2.49. The van der Waals surface area contributed by atoms with Crippen molar-refractivity contribution < 1.29 is 10.2 Å². The monoisotopic (exact) mass is 264 g/mol. The molecule has 1 saturated carbocycles. The lowest BCUT2D eigenvalue weighted by atomic mass is 10.1. The quantitative estimate of drug-likeness (QED) is 0.661. The summed E-state index contributed by atoms with van der Waals surface area (Å²) in [5.74, 6) is 0.418. The Morgan fingerprint density at radius 1 is 1.37 bits per heavy atom. The van der Waals surface area contributed by atoms with Gasteiger partial charge in [0.1, 0.15) is 11.5 Å². The van der Waals surface area contributed by atoms with E-state index in [1.807, 2.05) is 6.92 Å². The molecule has 19 heavy (non-hydrogen) atoms. The van der Waals surface area contributed by atoms with Gasteiger partial charge in [0.25, 0.3) is 0 Å². The third-order valence-corrected chi connectivity index (χ3v) is 3.80. The minimum atomic E-state index is 0.0324. The summed E-state index contributed by atoms with van der Waals surface area (Å²) >= 11 is 0. The molecule has 0 aromatic heterocycles. The van der Waals surface area contributed by atoms with E-state index < -0.39 is 0 Å². The van der Waals surface area contributed by atoms with Crippen LogP contribution >= 0.6 is 0 Å². The molecule has 1 fully saturated rings. The summed E-state index contributed by atoms with van der Waals surface area (Å²) in [5, 5.41) is 22.7. The van der Waals surface area contributed by atoms with Crippen LogP contribution < -0.4 is 5.32 Å². The molecule has 1 aromatic rings. The first-order valence-corrected chi connectivity index (χ1v) is 7.11. The fourth-order valence-electron chi connectivity index (χ4n) is 2.46. The van der Waals surface area contributed by atoms with Gasteiger partial charge in [0.05, 0.1) is 0 Å². The number of hydrogen-bond donors (Lipinski definition) is 3. The van der Waals surface area contributed by atoms with Gasteiger partial charge in [0.2, 0.25) is 0 Å². The molecule has 1 aliphatic carbocycles. The van der Waals surface area contributed by atoms with Crippen LogP contribution in [0.1, 0.15) is 38.3 Å². The lowest BCUT2D eigenvalue weighted by molar-refractivity contribution is 0.273. The highest BCUT2D eigenvalue weighted by molar-refractivity contribution is 5.40. The van der Waals surface area contributed by atoms with E-state index in [9.17, 15) is 10.2 Å². The second kappa shape index (κ2) is 6.26. The number of phenolic OH excluding ortho intramolecular Hbond substituents is 2. The van der Waals surface area contributed by atoms with E-state index in [0.29, 0.717) is 0 Å². The van der Waals surface area contributed by atoms with Crippen molar-refractivity contribution in [1.29, 1.82) is 0 Å². The Bertz CT molecular complexity index is 419. The zero-order chi connectivity index (χ0) is 13.8. The van der Waals surface area contributed by atoms with E-state index in [1.54, 1.807) is 6.07 Å². The van der Waals surface area contributed by atoms with Crippen molar-refractivity contribution in [3.8, 4) is 11.5 Å². The SMILES string of the molecule is CCN(CCNC(C)c1cc(O)ccc1O)C1CC1. The largest absolute Gasteiger partial charge is 0.508 e. The first-order chi connectivity index (χ1) is 9.11. The number of rotatable bonds is 7. The number of benzene rings is 1. The number of likely N-dealkylation sites (N-methyl/N-ethyl adjacent to an activating group) is 1. The van der Waals surface area contributed by atoms with Crippen LogP contribution in [-0.4, -0.2) is 40.8 Å². The Labute approximate surface area is 115 Å². The molecule has 1 unspecified atom stereocenters. The summed E-state index contributed by atoms with van der Waals surface area (Å²) < 4.78 is 0. The molecular weight excluding hydrogens is 240 g/mol. The van der Waals surface area contributed by atoms with Crippen molar-refractivity contribution >= 4 is 0 Å². The topological polar surface area (TPSA) is 55.7 Å². The summed E-state index contributed by atoms with van der Waals surface area (Å²) in [6, 6.07) is 5.47. The van der Waals surface area contributed by atoms with E-state index in [1.165, 1.54) is 25.0 Å². The van der Waals surface area contributed by atoms with Gasteiger partial charge in [-0.3, -0.25) is 4.90 Å². The van der Waals surface area contributed by atoms with Crippen LogP contribution in [0.3, 0.4) is 0 Å². The fourth-order valence-corrected chi connectivity index (χ4v) is 2.46. The standard InChI is InChI=1S/C15H24N2O2/c1-3-17(12-4-5-12)9-8-16-11(2)14-10-13(18)6-7-15(14)19/h6-7,10-12,16,18-19H,3-5,8-9H2,1-2H3.